The van der Waals surface area contributed by atoms with Crippen LogP contribution < -0.4 is 9.64 Å². The quantitative estimate of drug-likeness (QED) is 0.766. The predicted octanol–water partition coefficient (Wildman–Crippen LogP) is 2.37. The maximum atomic E-state index is 12.5. The first-order valence-corrected chi connectivity index (χ1v) is 6.75. The molecule has 1 aromatic rings. The predicted molar refractivity (Wildman–Crippen MR) is 70.9 cm³/mol. The van der Waals surface area contributed by atoms with Crippen molar-refractivity contribution in [2.24, 2.45) is 11.8 Å². The molecule has 4 heteroatoms. The summed E-state index contributed by atoms with van der Waals surface area (Å²) in [4.78, 5) is 26.3. The Morgan fingerprint density at radius 3 is 2.21 bits per heavy atom. The fourth-order valence-electron chi connectivity index (χ4n) is 3.21. The van der Waals surface area contributed by atoms with Gasteiger partial charge in [0.1, 0.15) is 5.75 Å². The second-order valence-corrected chi connectivity index (χ2v) is 5.18. The lowest BCUT2D eigenvalue weighted by Gasteiger charge is -2.19. The van der Waals surface area contributed by atoms with Gasteiger partial charge in [-0.25, -0.2) is 4.90 Å². The van der Waals surface area contributed by atoms with Crippen molar-refractivity contribution in [2.75, 3.05) is 12.0 Å². The van der Waals surface area contributed by atoms with Crippen molar-refractivity contribution in [3.63, 3.8) is 0 Å². The molecule has 0 aromatic heterocycles. The summed E-state index contributed by atoms with van der Waals surface area (Å²) >= 11 is 0. The summed E-state index contributed by atoms with van der Waals surface area (Å²) in [6.45, 7) is 0. The number of hydrogen-bond acceptors (Lipinski definition) is 3. The number of hydrogen-bond donors (Lipinski definition) is 0. The van der Waals surface area contributed by atoms with Gasteiger partial charge in [-0.3, -0.25) is 9.59 Å². The fraction of sp³-hybridized carbons (Fsp3) is 0.467. The Morgan fingerprint density at radius 1 is 1.05 bits per heavy atom. The number of carbonyl (C=O) groups is 2. The Kier molecular flexibility index (Phi) is 3.01. The first-order chi connectivity index (χ1) is 9.24. The minimum Gasteiger partial charge on any atom is -0.495 e. The largest absolute Gasteiger partial charge is 0.495 e. The summed E-state index contributed by atoms with van der Waals surface area (Å²) in [6, 6.07) is 7.20. The topological polar surface area (TPSA) is 46.6 Å². The van der Waals surface area contributed by atoms with Gasteiger partial charge in [0.15, 0.2) is 0 Å². The molecular formula is C15H17NO3. The number of rotatable bonds is 2. The van der Waals surface area contributed by atoms with Crippen LogP contribution in [0.3, 0.4) is 0 Å². The van der Waals surface area contributed by atoms with E-state index < -0.39 is 0 Å². The molecule has 0 radical (unpaired) electrons. The molecule has 0 unspecified atom stereocenters. The zero-order chi connectivity index (χ0) is 13.4. The molecule has 0 N–H and O–H groups in total. The SMILES string of the molecule is COc1ccccc1N1C(=O)[C@H]2CCCC[C@H]2C1=O. The van der Waals surface area contributed by atoms with Gasteiger partial charge in [0, 0.05) is 0 Å². The lowest BCUT2D eigenvalue weighted by Crippen LogP contribution is -2.31. The second-order valence-electron chi connectivity index (χ2n) is 5.18. The van der Waals surface area contributed by atoms with E-state index >= 15 is 0 Å². The fourth-order valence-corrected chi connectivity index (χ4v) is 3.21. The number of ether oxygens (including phenoxy) is 1. The number of anilines is 1. The van der Waals surface area contributed by atoms with E-state index in [1.807, 2.05) is 12.1 Å². The van der Waals surface area contributed by atoms with Crippen LogP contribution in [0.1, 0.15) is 25.7 Å². The highest BCUT2D eigenvalue weighted by molar-refractivity contribution is 6.22. The van der Waals surface area contributed by atoms with Crippen LogP contribution in [0.25, 0.3) is 0 Å². The highest BCUT2D eigenvalue weighted by Gasteiger charge is 2.49. The summed E-state index contributed by atoms with van der Waals surface area (Å²) in [5.74, 6) is 0.221. The van der Waals surface area contributed by atoms with Gasteiger partial charge in [-0.1, -0.05) is 25.0 Å². The lowest BCUT2D eigenvalue weighted by molar-refractivity contribution is -0.122. The van der Waals surface area contributed by atoms with Gasteiger partial charge in [-0.05, 0) is 25.0 Å². The smallest absolute Gasteiger partial charge is 0.237 e. The normalized spacial score (nSPS) is 26.5. The van der Waals surface area contributed by atoms with E-state index in [1.165, 1.54) is 4.90 Å². The molecule has 0 bridgehead atoms. The summed E-state index contributed by atoms with van der Waals surface area (Å²) in [5, 5.41) is 0. The van der Waals surface area contributed by atoms with Gasteiger partial charge >= 0.3 is 0 Å². The van der Waals surface area contributed by atoms with E-state index in [9.17, 15) is 9.59 Å². The molecule has 100 valence electrons. The first kappa shape index (κ1) is 12.2. The third-order valence-electron chi connectivity index (χ3n) is 4.17. The number of fused-ring (bicyclic) bond motifs is 1. The molecule has 1 aliphatic carbocycles. The van der Waals surface area contributed by atoms with Crippen molar-refractivity contribution >= 4 is 17.5 Å². The molecule has 2 atom stereocenters. The van der Waals surface area contributed by atoms with Crippen molar-refractivity contribution < 1.29 is 14.3 Å². The van der Waals surface area contributed by atoms with Crippen molar-refractivity contribution in [2.45, 2.75) is 25.7 Å². The van der Waals surface area contributed by atoms with Crippen molar-refractivity contribution in [3.8, 4) is 5.75 Å². The molecule has 3 rings (SSSR count). The van der Waals surface area contributed by atoms with Crippen LogP contribution >= 0.6 is 0 Å². The molecule has 4 nitrogen and oxygen atoms in total. The van der Waals surface area contributed by atoms with E-state index in [1.54, 1.807) is 19.2 Å². The standard InChI is InChI=1S/C15H17NO3/c1-19-13-9-5-4-8-12(13)16-14(17)10-6-2-3-7-11(10)15(16)18/h4-5,8-11H,2-3,6-7H2,1H3/t10-,11+. The number of carbonyl (C=O) groups excluding carboxylic acids is 2. The van der Waals surface area contributed by atoms with Gasteiger partial charge in [0.2, 0.25) is 11.8 Å². The van der Waals surface area contributed by atoms with Gasteiger partial charge in [-0.15, -0.1) is 0 Å². The second kappa shape index (κ2) is 4.68. The molecule has 1 aliphatic heterocycles. The Bertz CT molecular complexity index is 502. The lowest BCUT2D eigenvalue weighted by atomic mass is 9.81. The first-order valence-electron chi connectivity index (χ1n) is 6.75. The number of imide groups is 1. The maximum Gasteiger partial charge on any atom is 0.237 e. The average Bonchev–Trinajstić information content (AvgIpc) is 2.71. The van der Waals surface area contributed by atoms with E-state index in [0.29, 0.717) is 11.4 Å². The maximum absolute atomic E-state index is 12.5. The molecule has 1 heterocycles. The van der Waals surface area contributed by atoms with Crippen LogP contribution in [0.2, 0.25) is 0 Å². The van der Waals surface area contributed by atoms with Gasteiger partial charge in [0.25, 0.3) is 0 Å². The van der Waals surface area contributed by atoms with E-state index in [4.69, 9.17) is 4.74 Å². The van der Waals surface area contributed by atoms with Gasteiger partial charge in [0.05, 0.1) is 24.6 Å². The number of nitrogens with zero attached hydrogens (tertiary/aromatic N) is 1. The summed E-state index contributed by atoms with van der Waals surface area (Å²) in [7, 11) is 1.55. The molecule has 1 aromatic carbocycles. The minimum absolute atomic E-state index is 0.0563. The van der Waals surface area contributed by atoms with E-state index in [2.05, 4.69) is 0 Å². The van der Waals surface area contributed by atoms with Gasteiger partial charge < -0.3 is 4.74 Å². The number of methoxy groups -OCH3 is 1. The summed E-state index contributed by atoms with van der Waals surface area (Å²) in [5.41, 5.74) is 0.578. The van der Waals surface area contributed by atoms with Crippen LogP contribution in [0, 0.1) is 11.8 Å². The molecule has 1 saturated heterocycles. The zero-order valence-electron chi connectivity index (χ0n) is 11.0. The average molecular weight is 259 g/mol. The Labute approximate surface area is 112 Å². The van der Waals surface area contributed by atoms with E-state index in [0.717, 1.165) is 25.7 Å². The van der Waals surface area contributed by atoms with E-state index in [-0.39, 0.29) is 23.7 Å². The van der Waals surface area contributed by atoms with Crippen molar-refractivity contribution in [1.82, 2.24) is 0 Å². The van der Waals surface area contributed by atoms with Crippen LogP contribution in [-0.4, -0.2) is 18.9 Å². The van der Waals surface area contributed by atoms with Crippen molar-refractivity contribution in [3.05, 3.63) is 24.3 Å². The van der Waals surface area contributed by atoms with Crippen LogP contribution in [0.5, 0.6) is 5.75 Å². The number of para-hydroxylation sites is 2. The summed E-state index contributed by atoms with van der Waals surface area (Å²) < 4.78 is 5.26. The molecule has 1 saturated carbocycles. The Morgan fingerprint density at radius 2 is 1.63 bits per heavy atom. The molecule has 19 heavy (non-hydrogen) atoms. The number of benzene rings is 1. The van der Waals surface area contributed by atoms with Crippen molar-refractivity contribution in [1.29, 1.82) is 0 Å². The van der Waals surface area contributed by atoms with Crippen LogP contribution in [0.4, 0.5) is 5.69 Å². The molecule has 2 aliphatic rings. The molecule has 2 fully saturated rings. The number of amides is 2. The Hall–Kier alpha value is -1.84. The highest BCUT2D eigenvalue weighted by Crippen LogP contribution is 2.42. The molecular weight excluding hydrogens is 242 g/mol. The molecule has 0 spiro atoms. The molecule has 2 amide bonds. The van der Waals surface area contributed by atoms with Gasteiger partial charge in [-0.2, -0.15) is 0 Å². The third kappa shape index (κ3) is 1.82. The Balaban J connectivity index is 2.00. The summed E-state index contributed by atoms with van der Waals surface area (Å²) in [6.07, 6.45) is 3.75. The third-order valence-corrected chi connectivity index (χ3v) is 4.17. The highest BCUT2D eigenvalue weighted by atomic mass is 16.5. The van der Waals surface area contributed by atoms with Crippen LogP contribution in [0.15, 0.2) is 24.3 Å². The zero-order valence-corrected chi connectivity index (χ0v) is 11.0. The minimum atomic E-state index is -0.119. The monoisotopic (exact) mass is 259 g/mol. The van der Waals surface area contributed by atoms with Crippen LogP contribution in [-0.2, 0) is 9.59 Å².